The molecule has 8 heteroatoms. The molecule has 1 aliphatic heterocycles. The van der Waals surface area contributed by atoms with Crippen molar-refractivity contribution in [3.05, 3.63) is 34.4 Å². The first kappa shape index (κ1) is 14.7. The van der Waals surface area contributed by atoms with Gasteiger partial charge in [-0.3, -0.25) is 10.1 Å². The van der Waals surface area contributed by atoms with Crippen LogP contribution in [0.15, 0.2) is 24.3 Å². The number of benzene rings is 1. The molecule has 0 bridgehead atoms. The van der Waals surface area contributed by atoms with Gasteiger partial charge in [-0.25, -0.2) is 0 Å². The topological polar surface area (TPSA) is 122 Å². The van der Waals surface area contributed by atoms with Gasteiger partial charge in [-0.05, 0) is 19.1 Å². The van der Waals surface area contributed by atoms with E-state index in [0.717, 1.165) is 0 Å². The van der Waals surface area contributed by atoms with Gasteiger partial charge in [-0.15, -0.1) is 0 Å². The van der Waals surface area contributed by atoms with Crippen molar-refractivity contribution in [3.63, 3.8) is 0 Å². The average molecular weight is 285 g/mol. The summed E-state index contributed by atoms with van der Waals surface area (Å²) >= 11 is 0. The van der Waals surface area contributed by atoms with Crippen LogP contribution >= 0.6 is 0 Å². The summed E-state index contributed by atoms with van der Waals surface area (Å²) in [7, 11) is 0. The highest BCUT2D eigenvalue weighted by molar-refractivity contribution is 5.36. The van der Waals surface area contributed by atoms with Crippen LogP contribution in [0.3, 0.4) is 0 Å². The molecule has 1 aromatic carbocycles. The molecule has 0 amide bonds. The highest BCUT2D eigenvalue weighted by Crippen LogP contribution is 2.28. The number of aliphatic hydroxyl groups excluding tert-OH is 2. The van der Waals surface area contributed by atoms with E-state index in [1.54, 1.807) is 6.92 Å². The molecule has 0 saturated carbocycles. The third-order valence-corrected chi connectivity index (χ3v) is 3.16. The van der Waals surface area contributed by atoms with Crippen molar-refractivity contribution in [1.29, 1.82) is 0 Å². The van der Waals surface area contributed by atoms with Crippen molar-refractivity contribution < 1.29 is 29.7 Å². The fourth-order valence-corrected chi connectivity index (χ4v) is 1.89. The predicted octanol–water partition coefficient (Wildman–Crippen LogP) is -0.197. The molecule has 4 atom stereocenters. The summed E-state index contributed by atoms with van der Waals surface area (Å²) in [6, 6.07) is 4.97. The summed E-state index contributed by atoms with van der Waals surface area (Å²) in [6.07, 6.45) is -3.49. The van der Waals surface area contributed by atoms with Crippen LogP contribution in [0, 0.1) is 10.1 Å². The number of rotatable bonds is 3. The molecular weight excluding hydrogens is 270 g/mol. The Bertz CT molecular complexity index is 491. The zero-order chi connectivity index (χ0) is 14.9. The summed E-state index contributed by atoms with van der Waals surface area (Å²) in [6.45, 7) is 1.22. The molecule has 1 fully saturated rings. The third kappa shape index (κ3) is 2.73. The number of nitro groups is 1. The first-order valence-corrected chi connectivity index (χ1v) is 5.97. The highest BCUT2D eigenvalue weighted by atomic mass is 16.7. The van der Waals surface area contributed by atoms with E-state index in [9.17, 15) is 25.4 Å². The number of hydrogen-bond donors (Lipinski definition) is 3. The van der Waals surface area contributed by atoms with Gasteiger partial charge in [-0.2, -0.15) is 0 Å². The van der Waals surface area contributed by atoms with Gasteiger partial charge in [0.15, 0.2) is 0 Å². The second-order valence-electron chi connectivity index (χ2n) is 4.65. The molecule has 8 nitrogen and oxygen atoms in total. The second kappa shape index (κ2) is 5.33. The van der Waals surface area contributed by atoms with Crippen LogP contribution in [-0.2, 0) is 4.74 Å². The van der Waals surface area contributed by atoms with Crippen molar-refractivity contribution in [2.24, 2.45) is 0 Å². The van der Waals surface area contributed by atoms with Gasteiger partial charge in [-0.1, -0.05) is 0 Å². The molecule has 110 valence electrons. The molecule has 0 radical (unpaired) electrons. The SMILES string of the molecule is CC1OC[C@@](O)(Oc2ccc([N+](=O)[O-])cc2)[C@@H](O)[C@H]1O. The zero-order valence-electron chi connectivity index (χ0n) is 10.7. The maximum absolute atomic E-state index is 10.5. The number of nitro benzene ring substituents is 1. The minimum atomic E-state index is -2.11. The van der Waals surface area contributed by atoms with E-state index in [4.69, 9.17) is 9.47 Å². The van der Waals surface area contributed by atoms with Crippen LogP contribution in [-0.4, -0.2) is 50.9 Å². The van der Waals surface area contributed by atoms with Crippen molar-refractivity contribution in [2.45, 2.75) is 31.0 Å². The fraction of sp³-hybridized carbons (Fsp3) is 0.500. The van der Waals surface area contributed by atoms with Crippen LogP contribution in [0.4, 0.5) is 5.69 Å². The van der Waals surface area contributed by atoms with E-state index in [-0.39, 0.29) is 18.0 Å². The molecule has 20 heavy (non-hydrogen) atoms. The summed E-state index contributed by atoms with van der Waals surface area (Å²) in [5, 5.41) is 40.2. The number of aliphatic hydroxyl groups is 3. The summed E-state index contributed by atoms with van der Waals surface area (Å²) in [5.41, 5.74) is -0.126. The molecular formula is C12H15NO7. The first-order chi connectivity index (χ1) is 9.33. The first-order valence-electron chi connectivity index (χ1n) is 5.97. The van der Waals surface area contributed by atoms with Crippen LogP contribution in [0.2, 0.25) is 0 Å². The Kier molecular flexibility index (Phi) is 3.91. The monoisotopic (exact) mass is 285 g/mol. The van der Waals surface area contributed by atoms with Gasteiger partial charge in [0.25, 0.3) is 11.5 Å². The summed E-state index contributed by atoms with van der Waals surface area (Å²) in [4.78, 5) is 9.95. The number of ether oxygens (including phenoxy) is 2. The normalized spacial score (nSPS) is 33.7. The number of hydrogen-bond acceptors (Lipinski definition) is 7. The summed E-state index contributed by atoms with van der Waals surface area (Å²) < 4.78 is 10.3. The van der Waals surface area contributed by atoms with Gasteiger partial charge >= 0.3 is 0 Å². The number of nitrogens with zero attached hydrogens (tertiary/aromatic N) is 1. The highest BCUT2D eigenvalue weighted by Gasteiger charge is 2.49. The smallest absolute Gasteiger partial charge is 0.269 e. The number of non-ortho nitro benzene ring substituents is 1. The standard InChI is InChI=1S/C12H15NO7/c1-7-10(14)11(15)12(16,6-19-7)20-9-4-2-8(3-5-9)13(17)18/h2-5,7,10-11,14-16H,6H2,1H3/t7?,10-,11-,12+/m0/s1. The quantitative estimate of drug-likeness (QED) is 0.399. The predicted molar refractivity (Wildman–Crippen MR) is 66.1 cm³/mol. The largest absolute Gasteiger partial charge is 0.457 e. The van der Waals surface area contributed by atoms with Crippen molar-refractivity contribution in [2.75, 3.05) is 6.61 Å². The lowest BCUT2D eigenvalue weighted by atomic mass is 9.98. The van der Waals surface area contributed by atoms with Gasteiger partial charge in [0.05, 0.1) is 11.0 Å². The Morgan fingerprint density at radius 2 is 2.00 bits per heavy atom. The average Bonchev–Trinajstić information content (AvgIpc) is 2.42. The second-order valence-corrected chi connectivity index (χ2v) is 4.65. The zero-order valence-corrected chi connectivity index (χ0v) is 10.7. The van der Waals surface area contributed by atoms with E-state index in [1.165, 1.54) is 24.3 Å². The molecule has 1 unspecified atom stereocenters. The lowest BCUT2D eigenvalue weighted by molar-refractivity contribution is -0.384. The molecule has 0 spiro atoms. The molecule has 1 heterocycles. The lowest BCUT2D eigenvalue weighted by Crippen LogP contribution is -2.63. The Morgan fingerprint density at radius 1 is 1.40 bits per heavy atom. The van der Waals surface area contributed by atoms with Gasteiger partial charge < -0.3 is 24.8 Å². The van der Waals surface area contributed by atoms with E-state index in [1.807, 2.05) is 0 Å². The van der Waals surface area contributed by atoms with Crippen LogP contribution < -0.4 is 4.74 Å². The Hall–Kier alpha value is -1.74. The van der Waals surface area contributed by atoms with E-state index >= 15 is 0 Å². The fourth-order valence-electron chi connectivity index (χ4n) is 1.89. The maximum Gasteiger partial charge on any atom is 0.269 e. The molecule has 3 N–H and O–H groups in total. The van der Waals surface area contributed by atoms with Crippen LogP contribution in [0.1, 0.15) is 6.92 Å². The Morgan fingerprint density at radius 3 is 2.55 bits per heavy atom. The minimum absolute atomic E-state index is 0.113. The minimum Gasteiger partial charge on any atom is -0.457 e. The van der Waals surface area contributed by atoms with Crippen molar-refractivity contribution in [3.8, 4) is 5.75 Å². The molecule has 1 saturated heterocycles. The third-order valence-electron chi connectivity index (χ3n) is 3.16. The Balaban J connectivity index is 2.13. The van der Waals surface area contributed by atoms with E-state index in [0.29, 0.717) is 0 Å². The molecule has 2 rings (SSSR count). The van der Waals surface area contributed by atoms with Crippen molar-refractivity contribution in [1.82, 2.24) is 0 Å². The van der Waals surface area contributed by atoms with Crippen LogP contribution in [0.5, 0.6) is 5.75 Å². The lowest BCUT2D eigenvalue weighted by Gasteiger charge is -2.41. The van der Waals surface area contributed by atoms with Crippen molar-refractivity contribution >= 4 is 5.69 Å². The van der Waals surface area contributed by atoms with Gasteiger partial charge in [0, 0.05) is 12.1 Å². The van der Waals surface area contributed by atoms with Gasteiger partial charge in [0.2, 0.25) is 0 Å². The molecule has 1 aromatic rings. The summed E-state index contributed by atoms with van der Waals surface area (Å²) in [5.74, 6) is -2.00. The molecule has 1 aliphatic rings. The van der Waals surface area contributed by atoms with E-state index in [2.05, 4.69) is 0 Å². The Labute approximate surface area is 114 Å². The molecule has 0 aliphatic carbocycles. The van der Waals surface area contributed by atoms with Crippen LogP contribution in [0.25, 0.3) is 0 Å². The van der Waals surface area contributed by atoms with Gasteiger partial charge in [0.1, 0.15) is 24.6 Å². The van der Waals surface area contributed by atoms with E-state index < -0.39 is 29.0 Å². The molecule has 0 aromatic heterocycles. The maximum atomic E-state index is 10.5.